The van der Waals surface area contributed by atoms with Gasteiger partial charge in [-0.3, -0.25) is 9.97 Å². The van der Waals surface area contributed by atoms with Crippen LogP contribution in [0.15, 0.2) is 24.5 Å². The Balaban J connectivity index is 2.54. The molecule has 0 saturated carbocycles. The molecule has 0 aliphatic heterocycles. The summed E-state index contributed by atoms with van der Waals surface area (Å²) in [5, 5.41) is 2.88. The quantitative estimate of drug-likeness (QED) is 0.925. The molecule has 0 saturated heterocycles. The third-order valence-electron chi connectivity index (χ3n) is 2.99. The lowest BCUT2D eigenvalue weighted by atomic mass is 10.00. The van der Waals surface area contributed by atoms with E-state index in [1.165, 1.54) is 18.3 Å². The van der Waals surface area contributed by atoms with Crippen LogP contribution in [0.3, 0.4) is 0 Å². The Morgan fingerprint density at radius 3 is 2.42 bits per heavy atom. The van der Waals surface area contributed by atoms with Crippen molar-refractivity contribution in [3.05, 3.63) is 58.7 Å². The van der Waals surface area contributed by atoms with Crippen LogP contribution in [0.2, 0.25) is 0 Å². The van der Waals surface area contributed by atoms with Gasteiger partial charge in [0.15, 0.2) is 0 Å². The zero-order valence-corrected chi connectivity index (χ0v) is 11.0. The SMILES string of the molecule is CNC(c1cnc(C)cn1)c1c(F)ccc(C)c1F. The topological polar surface area (TPSA) is 37.8 Å². The van der Waals surface area contributed by atoms with Crippen LogP contribution in [0, 0.1) is 25.5 Å². The van der Waals surface area contributed by atoms with Crippen LogP contribution >= 0.6 is 0 Å². The minimum Gasteiger partial charge on any atom is -0.308 e. The summed E-state index contributed by atoms with van der Waals surface area (Å²) in [6, 6.07) is 2.02. The molecule has 1 aromatic heterocycles. The molecule has 0 aliphatic rings. The molecule has 1 N–H and O–H groups in total. The summed E-state index contributed by atoms with van der Waals surface area (Å²) >= 11 is 0. The molecule has 0 spiro atoms. The van der Waals surface area contributed by atoms with Gasteiger partial charge in [-0.05, 0) is 32.5 Å². The lowest BCUT2D eigenvalue weighted by Gasteiger charge is -2.18. The van der Waals surface area contributed by atoms with E-state index in [0.717, 1.165) is 5.69 Å². The molecule has 19 heavy (non-hydrogen) atoms. The lowest BCUT2D eigenvalue weighted by Crippen LogP contribution is -2.22. The third-order valence-corrected chi connectivity index (χ3v) is 2.99. The van der Waals surface area contributed by atoms with Crippen molar-refractivity contribution in [2.45, 2.75) is 19.9 Å². The van der Waals surface area contributed by atoms with E-state index < -0.39 is 17.7 Å². The Labute approximate surface area is 110 Å². The van der Waals surface area contributed by atoms with Crippen LogP contribution < -0.4 is 5.32 Å². The Morgan fingerprint density at radius 2 is 1.84 bits per heavy atom. The Hall–Kier alpha value is -1.88. The maximum atomic E-state index is 14.1. The number of rotatable bonds is 3. The molecular weight excluding hydrogens is 248 g/mol. The number of nitrogens with zero attached hydrogens (tertiary/aromatic N) is 2. The van der Waals surface area contributed by atoms with Gasteiger partial charge in [0.1, 0.15) is 11.6 Å². The van der Waals surface area contributed by atoms with Gasteiger partial charge >= 0.3 is 0 Å². The van der Waals surface area contributed by atoms with Crippen molar-refractivity contribution < 1.29 is 8.78 Å². The van der Waals surface area contributed by atoms with Crippen LogP contribution in [0.5, 0.6) is 0 Å². The molecule has 1 heterocycles. The highest BCUT2D eigenvalue weighted by Gasteiger charge is 2.23. The summed E-state index contributed by atoms with van der Waals surface area (Å²) in [6.07, 6.45) is 3.10. The van der Waals surface area contributed by atoms with Crippen LogP contribution in [0.25, 0.3) is 0 Å². The van der Waals surface area contributed by atoms with E-state index in [9.17, 15) is 8.78 Å². The van der Waals surface area contributed by atoms with Crippen molar-refractivity contribution in [3.63, 3.8) is 0 Å². The smallest absolute Gasteiger partial charge is 0.134 e. The summed E-state index contributed by atoms with van der Waals surface area (Å²) in [5.41, 5.74) is 1.61. The monoisotopic (exact) mass is 263 g/mol. The van der Waals surface area contributed by atoms with Crippen LogP contribution in [-0.4, -0.2) is 17.0 Å². The van der Waals surface area contributed by atoms with E-state index in [4.69, 9.17) is 0 Å². The number of halogens is 2. The Morgan fingerprint density at radius 1 is 1.11 bits per heavy atom. The molecule has 1 atom stereocenters. The summed E-state index contributed by atoms with van der Waals surface area (Å²) < 4.78 is 28.0. The van der Waals surface area contributed by atoms with Gasteiger partial charge in [0, 0.05) is 11.8 Å². The van der Waals surface area contributed by atoms with Gasteiger partial charge in [0.25, 0.3) is 0 Å². The van der Waals surface area contributed by atoms with E-state index in [2.05, 4.69) is 15.3 Å². The standard InChI is InChI=1S/C14H15F2N3/c1-8-4-5-10(15)12(13(8)16)14(17-3)11-7-18-9(2)6-19-11/h4-7,14,17H,1-3H3. The number of hydrogen-bond donors (Lipinski definition) is 1. The maximum absolute atomic E-state index is 14.1. The highest BCUT2D eigenvalue weighted by atomic mass is 19.1. The molecule has 2 aromatic rings. The van der Waals surface area contributed by atoms with E-state index in [1.807, 2.05) is 0 Å². The van der Waals surface area contributed by atoms with Gasteiger partial charge in [-0.2, -0.15) is 0 Å². The third kappa shape index (κ3) is 2.61. The molecule has 0 aliphatic carbocycles. The fourth-order valence-electron chi connectivity index (χ4n) is 1.93. The molecule has 3 nitrogen and oxygen atoms in total. The number of aryl methyl sites for hydroxylation is 2. The van der Waals surface area contributed by atoms with E-state index in [0.29, 0.717) is 11.3 Å². The minimum absolute atomic E-state index is 0.0272. The molecule has 100 valence electrons. The number of aromatic nitrogens is 2. The molecule has 5 heteroatoms. The molecule has 0 radical (unpaired) electrons. The van der Waals surface area contributed by atoms with Gasteiger partial charge < -0.3 is 5.32 Å². The normalized spacial score (nSPS) is 12.5. The van der Waals surface area contributed by atoms with Crippen molar-refractivity contribution in [3.8, 4) is 0 Å². The van der Waals surface area contributed by atoms with Crippen LogP contribution in [-0.2, 0) is 0 Å². The Kier molecular flexibility index (Phi) is 3.85. The summed E-state index contributed by atoms with van der Waals surface area (Å²) in [5.74, 6) is -1.15. The van der Waals surface area contributed by atoms with Crippen LogP contribution in [0.4, 0.5) is 8.78 Å². The molecule has 0 amide bonds. The number of hydrogen-bond acceptors (Lipinski definition) is 3. The van der Waals surface area contributed by atoms with E-state index in [-0.39, 0.29) is 5.56 Å². The van der Waals surface area contributed by atoms with Crippen molar-refractivity contribution in [1.29, 1.82) is 0 Å². The highest BCUT2D eigenvalue weighted by Crippen LogP contribution is 2.26. The second-order valence-corrected chi connectivity index (χ2v) is 4.40. The van der Waals surface area contributed by atoms with Gasteiger partial charge in [0.2, 0.25) is 0 Å². The highest BCUT2D eigenvalue weighted by molar-refractivity contribution is 5.33. The maximum Gasteiger partial charge on any atom is 0.134 e. The first-order valence-corrected chi connectivity index (χ1v) is 5.95. The van der Waals surface area contributed by atoms with Crippen molar-refractivity contribution >= 4 is 0 Å². The van der Waals surface area contributed by atoms with Crippen molar-refractivity contribution in [2.75, 3.05) is 7.05 Å². The van der Waals surface area contributed by atoms with E-state index in [1.54, 1.807) is 27.1 Å². The summed E-state index contributed by atoms with van der Waals surface area (Å²) in [4.78, 5) is 8.29. The number of benzene rings is 1. The minimum atomic E-state index is -0.659. The largest absolute Gasteiger partial charge is 0.308 e. The summed E-state index contributed by atoms with van der Waals surface area (Å²) in [6.45, 7) is 3.41. The predicted octanol–water partition coefficient (Wildman–Crippen LogP) is 2.68. The second kappa shape index (κ2) is 5.40. The molecule has 1 unspecified atom stereocenters. The summed E-state index contributed by atoms with van der Waals surface area (Å²) in [7, 11) is 1.63. The van der Waals surface area contributed by atoms with E-state index >= 15 is 0 Å². The fraction of sp³-hybridized carbons (Fsp3) is 0.286. The van der Waals surface area contributed by atoms with Gasteiger partial charge in [-0.25, -0.2) is 8.78 Å². The average Bonchev–Trinajstić information content (AvgIpc) is 2.40. The zero-order valence-electron chi connectivity index (χ0n) is 11.0. The molecule has 0 bridgehead atoms. The van der Waals surface area contributed by atoms with Gasteiger partial charge in [0.05, 0.1) is 23.6 Å². The lowest BCUT2D eigenvalue weighted by molar-refractivity contribution is 0.512. The van der Waals surface area contributed by atoms with Crippen LogP contribution in [0.1, 0.15) is 28.6 Å². The fourth-order valence-corrected chi connectivity index (χ4v) is 1.93. The average molecular weight is 263 g/mol. The molecule has 1 aromatic carbocycles. The Bertz CT molecular complexity index is 582. The zero-order chi connectivity index (χ0) is 14.0. The van der Waals surface area contributed by atoms with Gasteiger partial charge in [-0.15, -0.1) is 0 Å². The van der Waals surface area contributed by atoms with Crippen molar-refractivity contribution in [1.82, 2.24) is 15.3 Å². The first kappa shape index (κ1) is 13.5. The molecule has 2 rings (SSSR count). The first-order chi connectivity index (χ1) is 9.04. The molecular formula is C14H15F2N3. The van der Waals surface area contributed by atoms with Crippen molar-refractivity contribution in [2.24, 2.45) is 0 Å². The number of nitrogens with one attached hydrogen (secondary N) is 1. The first-order valence-electron chi connectivity index (χ1n) is 5.95. The molecule has 0 fully saturated rings. The predicted molar refractivity (Wildman–Crippen MR) is 68.8 cm³/mol. The van der Waals surface area contributed by atoms with Gasteiger partial charge in [-0.1, -0.05) is 6.07 Å². The second-order valence-electron chi connectivity index (χ2n) is 4.40.